The molecular weight excluding hydrogens is 269 g/mol. The second-order valence-electron chi connectivity index (χ2n) is 4.79. The van der Waals surface area contributed by atoms with Crippen molar-refractivity contribution in [2.75, 3.05) is 7.11 Å². The molecule has 108 valence electrons. The van der Waals surface area contributed by atoms with Gasteiger partial charge < -0.3 is 10.5 Å². The summed E-state index contributed by atoms with van der Waals surface area (Å²) < 4.78 is 20.5. The van der Waals surface area contributed by atoms with Crippen molar-refractivity contribution in [3.05, 3.63) is 59.5 Å². The Labute approximate surface area is 121 Å². The molecule has 0 atom stereocenters. The van der Waals surface area contributed by atoms with E-state index >= 15 is 0 Å². The van der Waals surface area contributed by atoms with E-state index in [1.165, 1.54) is 13.2 Å². The highest BCUT2D eigenvalue weighted by molar-refractivity contribution is 5.82. The summed E-state index contributed by atoms with van der Waals surface area (Å²) in [6, 6.07) is 12.8. The van der Waals surface area contributed by atoms with Gasteiger partial charge in [0, 0.05) is 11.9 Å². The number of fused-ring (bicyclic) bond motifs is 1. The van der Waals surface area contributed by atoms with Gasteiger partial charge in [0.05, 0.1) is 24.9 Å². The van der Waals surface area contributed by atoms with Crippen LogP contribution in [0.4, 0.5) is 4.39 Å². The fourth-order valence-corrected chi connectivity index (χ4v) is 2.45. The molecule has 0 unspecified atom stereocenters. The minimum absolute atomic E-state index is 0.242. The number of nitrogens with two attached hydrogens (primary N) is 1. The largest absolute Gasteiger partial charge is 0.494 e. The fraction of sp³-hybridized carbons (Fsp3) is 0.188. The second kappa shape index (κ2) is 5.54. The lowest BCUT2D eigenvalue weighted by molar-refractivity contribution is 0.386. The molecule has 4 nitrogen and oxygen atoms in total. The minimum Gasteiger partial charge on any atom is -0.494 e. The van der Waals surface area contributed by atoms with Gasteiger partial charge in [0.2, 0.25) is 0 Å². The van der Waals surface area contributed by atoms with E-state index in [2.05, 4.69) is 5.10 Å². The summed E-state index contributed by atoms with van der Waals surface area (Å²) in [5.74, 6) is -0.128. The molecule has 0 spiro atoms. The predicted molar refractivity (Wildman–Crippen MR) is 79.7 cm³/mol. The average Bonchev–Trinajstić information content (AvgIpc) is 2.86. The number of benzene rings is 2. The highest BCUT2D eigenvalue weighted by atomic mass is 19.1. The zero-order valence-electron chi connectivity index (χ0n) is 11.7. The number of halogens is 1. The minimum atomic E-state index is -0.370. The van der Waals surface area contributed by atoms with E-state index in [4.69, 9.17) is 10.5 Å². The van der Waals surface area contributed by atoms with Crippen LogP contribution in [0.3, 0.4) is 0 Å². The molecule has 3 rings (SSSR count). The Hall–Kier alpha value is -2.40. The maximum atomic E-state index is 13.8. The van der Waals surface area contributed by atoms with Crippen LogP contribution >= 0.6 is 0 Å². The van der Waals surface area contributed by atoms with Crippen LogP contribution in [-0.4, -0.2) is 16.9 Å². The first-order chi connectivity index (χ1) is 10.2. The molecule has 0 saturated heterocycles. The standard InChI is InChI=1S/C16H16FN3O/c1-21-16-7-6-11(8-13(16)17)10-20-15-5-3-2-4-12(15)14(9-18)19-20/h2-8H,9-10,18H2,1H3. The van der Waals surface area contributed by atoms with Gasteiger partial charge in [-0.15, -0.1) is 0 Å². The van der Waals surface area contributed by atoms with Gasteiger partial charge in [-0.3, -0.25) is 4.68 Å². The first-order valence-electron chi connectivity index (χ1n) is 6.70. The molecule has 1 heterocycles. The number of para-hydroxylation sites is 1. The zero-order valence-corrected chi connectivity index (χ0v) is 11.7. The summed E-state index contributed by atoms with van der Waals surface area (Å²) in [6.45, 7) is 0.867. The number of methoxy groups -OCH3 is 1. The highest BCUT2D eigenvalue weighted by Gasteiger charge is 2.10. The summed E-state index contributed by atoms with van der Waals surface area (Å²) in [4.78, 5) is 0. The average molecular weight is 285 g/mol. The van der Waals surface area contributed by atoms with E-state index in [0.29, 0.717) is 13.1 Å². The first kappa shape index (κ1) is 13.6. The van der Waals surface area contributed by atoms with Crippen molar-refractivity contribution in [2.45, 2.75) is 13.1 Å². The summed E-state index contributed by atoms with van der Waals surface area (Å²) in [5, 5.41) is 5.55. The first-order valence-corrected chi connectivity index (χ1v) is 6.70. The van der Waals surface area contributed by atoms with Crippen LogP contribution in [0.15, 0.2) is 42.5 Å². The summed E-state index contributed by atoms with van der Waals surface area (Å²) in [7, 11) is 1.45. The van der Waals surface area contributed by atoms with E-state index in [9.17, 15) is 4.39 Å². The van der Waals surface area contributed by atoms with Gasteiger partial charge in [-0.2, -0.15) is 5.10 Å². The van der Waals surface area contributed by atoms with E-state index in [1.807, 2.05) is 35.0 Å². The van der Waals surface area contributed by atoms with Crippen molar-refractivity contribution in [3.8, 4) is 5.75 Å². The predicted octanol–water partition coefficient (Wildman–Crippen LogP) is 2.69. The topological polar surface area (TPSA) is 53.1 Å². The van der Waals surface area contributed by atoms with Crippen molar-refractivity contribution in [3.63, 3.8) is 0 Å². The van der Waals surface area contributed by atoms with Gasteiger partial charge in [-0.05, 0) is 23.8 Å². The molecule has 21 heavy (non-hydrogen) atoms. The SMILES string of the molecule is COc1ccc(Cn2nc(CN)c3ccccc32)cc1F. The number of rotatable bonds is 4. The summed E-state index contributed by atoms with van der Waals surface area (Å²) >= 11 is 0. The van der Waals surface area contributed by atoms with Crippen molar-refractivity contribution in [2.24, 2.45) is 5.73 Å². The molecular formula is C16H16FN3O. The number of nitrogens with zero attached hydrogens (tertiary/aromatic N) is 2. The lowest BCUT2D eigenvalue weighted by Crippen LogP contribution is -2.04. The van der Waals surface area contributed by atoms with Crippen molar-refractivity contribution in [1.82, 2.24) is 9.78 Å². The lowest BCUT2D eigenvalue weighted by atomic mass is 10.2. The van der Waals surface area contributed by atoms with Crippen molar-refractivity contribution in [1.29, 1.82) is 0 Å². The molecule has 0 bridgehead atoms. The Morgan fingerprint density at radius 3 is 2.76 bits per heavy atom. The third-order valence-corrected chi connectivity index (χ3v) is 3.48. The maximum Gasteiger partial charge on any atom is 0.165 e. The van der Waals surface area contributed by atoms with Crippen LogP contribution in [0.2, 0.25) is 0 Å². The van der Waals surface area contributed by atoms with Gasteiger partial charge in [0.25, 0.3) is 0 Å². The van der Waals surface area contributed by atoms with Crippen LogP contribution < -0.4 is 10.5 Å². The smallest absolute Gasteiger partial charge is 0.165 e. The number of aromatic nitrogens is 2. The number of hydrogen-bond donors (Lipinski definition) is 1. The molecule has 0 fully saturated rings. The lowest BCUT2D eigenvalue weighted by Gasteiger charge is -2.06. The van der Waals surface area contributed by atoms with Gasteiger partial charge in [-0.25, -0.2) is 4.39 Å². The molecule has 0 radical (unpaired) electrons. The Bertz CT molecular complexity index is 782. The van der Waals surface area contributed by atoms with Gasteiger partial charge >= 0.3 is 0 Å². The Morgan fingerprint density at radius 1 is 1.24 bits per heavy atom. The van der Waals surface area contributed by atoms with E-state index in [-0.39, 0.29) is 11.6 Å². The Morgan fingerprint density at radius 2 is 2.05 bits per heavy atom. The van der Waals surface area contributed by atoms with Crippen LogP contribution in [0, 0.1) is 5.82 Å². The number of hydrogen-bond acceptors (Lipinski definition) is 3. The zero-order chi connectivity index (χ0) is 14.8. The molecule has 1 aromatic heterocycles. The van der Waals surface area contributed by atoms with Crippen LogP contribution in [0.25, 0.3) is 10.9 Å². The Balaban J connectivity index is 2.00. The third kappa shape index (κ3) is 2.48. The fourth-order valence-electron chi connectivity index (χ4n) is 2.45. The van der Waals surface area contributed by atoms with Gasteiger partial charge in [0.1, 0.15) is 0 Å². The molecule has 2 N–H and O–H groups in total. The molecule has 0 aliphatic heterocycles. The quantitative estimate of drug-likeness (QED) is 0.802. The van der Waals surface area contributed by atoms with Crippen molar-refractivity contribution >= 4 is 10.9 Å². The molecule has 0 aliphatic rings. The van der Waals surface area contributed by atoms with Crippen molar-refractivity contribution < 1.29 is 9.13 Å². The van der Waals surface area contributed by atoms with Gasteiger partial charge in [0.15, 0.2) is 11.6 Å². The second-order valence-corrected chi connectivity index (χ2v) is 4.79. The van der Waals surface area contributed by atoms with Crippen LogP contribution in [0.5, 0.6) is 5.75 Å². The summed E-state index contributed by atoms with van der Waals surface area (Å²) in [5.41, 5.74) is 8.40. The molecule has 5 heteroatoms. The molecule has 3 aromatic rings. The normalized spacial score (nSPS) is 11.0. The molecule has 0 aliphatic carbocycles. The molecule has 2 aromatic carbocycles. The maximum absolute atomic E-state index is 13.8. The molecule has 0 amide bonds. The monoisotopic (exact) mass is 285 g/mol. The van der Waals surface area contributed by atoms with Crippen LogP contribution in [0.1, 0.15) is 11.3 Å². The number of ether oxygens (including phenoxy) is 1. The summed E-state index contributed by atoms with van der Waals surface area (Å²) in [6.07, 6.45) is 0. The van der Waals surface area contributed by atoms with Gasteiger partial charge in [-0.1, -0.05) is 24.3 Å². The third-order valence-electron chi connectivity index (χ3n) is 3.48. The highest BCUT2D eigenvalue weighted by Crippen LogP contribution is 2.21. The van der Waals surface area contributed by atoms with E-state index in [0.717, 1.165) is 22.2 Å². The van der Waals surface area contributed by atoms with Crippen LogP contribution in [-0.2, 0) is 13.1 Å². The van der Waals surface area contributed by atoms with E-state index < -0.39 is 0 Å². The van der Waals surface area contributed by atoms with E-state index in [1.54, 1.807) is 6.07 Å². The molecule has 0 saturated carbocycles. The Kier molecular flexibility index (Phi) is 3.58.